The molecule has 4 nitrogen and oxygen atoms in total. The lowest BCUT2D eigenvalue weighted by atomic mass is 10.1. The first kappa shape index (κ1) is 11.7. The molecule has 0 amide bonds. The highest BCUT2D eigenvalue weighted by atomic mass is 79.9. The van der Waals surface area contributed by atoms with E-state index in [1.54, 1.807) is 24.3 Å². The van der Waals surface area contributed by atoms with Crippen molar-refractivity contribution in [2.75, 3.05) is 0 Å². The fourth-order valence-corrected chi connectivity index (χ4v) is 1.59. The summed E-state index contributed by atoms with van der Waals surface area (Å²) in [6.45, 7) is 0. The molecule has 0 spiro atoms. The van der Waals surface area contributed by atoms with E-state index >= 15 is 0 Å². The predicted octanol–water partition coefficient (Wildman–Crippen LogP) is 2.74. The quantitative estimate of drug-likeness (QED) is 0.925. The fraction of sp³-hybridized carbons (Fsp3) is 0. The highest BCUT2D eigenvalue weighted by molar-refractivity contribution is 9.10. The van der Waals surface area contributed by atoms with Crippen LogP contribution in [0.15, 0.2) is 35.1 Å². The molecule has 1 N–H and O–H groups in total. The van der Waals surface area contributed by atoms with Crippen LogP contribution >= 0.6 is 15.9 Å². The van der Waals surface area contributed by atoms with Crippen molar-refractivity contribution >= 4 is 21.9 Å². The summed E-state index contributed by atoms with van der Waals surface area (Å²) in [5.41, 5.74) is -0.154. The number of nitrogens with zero attached hydrogens (tertiary/aromatic N) is 2. The van der Waals surface area contributed by atoms with Gasteiger partial charge in [0.2, 0.25) is 0 Å². The Morgan fingerprint density at radius 3 is 2.47 bits per heavy atom. The second-order valence-corrected chi connectivity index (χ2v) is 4.11. The number of hydrogen-bond acceptors (Lipinski definition) is 3. The molecule has 0 fully saturated rings. The van der Waals surface area contributed by atoms with Crippen molar-refractivity contribution in [1.29, 1.82) is 0 Å². The highest BCUT2D eigenvalue weighted by Crippen LogP contribution is 2.23. The maximum atomic E-state index is 13.8. The molecule has 0 saturated heterocycles. The molecule has 2 rings (SSSR count). The molecule has 1 aromatic carbocycles. The predicted molar refractivity (Wildman–Crippen MR) is 62.1 cm³/mol. The molecule has 0 atom stereocenters. The smallest absolute Gasteiger partial charge is 0.357 e. The van der Waals surface area contributed by atoms with Crippen LogP contribution in [0.25, 0.3) is 11.3 Å². The van der Waals surface area contributed by atoms with E-state index in [1.807, 2.05) is 0 Å². The summed E-state index contributed by atoms with van der Waals surface area (Å²) in [7, 11) is 0. The summed E-state index contributed by atoms with van der Waals surface area (Å²) in [6, 6.07) is 6.72. The number of aromatic nitrogens is 2. The van der Waals surface area contributed by atoms with Gasteiger partial charge in [0, 0.05) is 10.0 Å². The summed E-state index contributed by atoms with van der Waals surface area (Å²) in [5.74, 6) is -2.34. The fourth-order valence-electron chi connectivity index (χ4n) is 1.33. The maximum Gasteiger partial charge on any atom is 0.357 e. The maximum absolute atomic E-state index is 13.8. The molecule has 1 heterocycles. The Bertz CT molecular complexity index is 572. The van der Waals surface area contributed by atoms with Crippen LogP contribution in [0.4, 0.5) is 4.39 Å². The van der Waals surface area contributed by atoms with Crippen LogP contribution in [0.2, 0.25) is 0 Å². The van der Waals surface area contributed by atoms with Crippen molar-refractivity contribution in [1.82, 2.24) is 9.97 Å². The van der Waals surface area contributed by atoms with E-state index in [-0.39, 0.29) is 5.69 Å². The molecule has 1 aromatic heterocycles. The van der Waals surface area contributed by atoms with Gasteiger partial charge in [0.15, 0.2) is 11.5 Å². The standard InChI is InChI=1S/C11H6BrFN2O2/c12-7-3-1-6(2-4-7)9-8(13)10(11(16)17)15-5-14-9/h1-5H,(H,16,17). The first-order chi connectivity index (χ1) is 8.09. The summed E-state index contributed by atoms with van der Waals surface area (Å²) >= 11 is 3.25. The molecule has 0 aliphatic carbocycles. The van der Waals surface area contributed by atoms with Gasteiger partial charge in [0.05, 0.1) is 0 Å². The second-order valence-electron chi connectivity index (χ2n) is 3.20. The van der Waals surface area contributed by atoms with E-state index in [9.17, 15) is 9.18 Å². The molecule has 0 bridgehead atoms. The molecule has 0 aliphatic heterocycles. The largest absolute Gasteiger partial charge is 0.476 e. The van der Waals surface area contributed by atoms with Crippen LogP contribution < -0.4 is 0 Å². The third-order valence-electron chi connectivity index (χ3n) is 2.11. The summed E-state index contributed by atoms with van der Waals surface area (Å²) < 4.78 is 14.6. The van der Waals surface area contributed by atoms with Crippen molar-refractivity contribution in [3.8, 4) is 11.3 Å². The van der Waals surface area contributed by atoms with Gasteiger partial charge < -0.3 is 5.11 Å². The molecule has 6 heteroatoms. The SMILES string of the molecule is O=C(O)c1ncnc(-c2ccc(Br)cc2)c1F. The number of carbonyl (C=O) groups is 1. The van der Waals surface area contributed by atoms with Crippen LogP contribution in [0.3, 0.4) is 0 Å². The Hall–Kier alpha value is -1.82. The average molecular weight is 297 g/mol. The Balaban J connectivity index is 2.56. The molecule has 0 saturated carbocycles. The minimum atomic E-state index is -1.41. The number of benzene rings is 1. The molecule has 2 aromatic rings. The number of aromatic carboxylic acids is 1. The first-order valence-electron chi connectivity index (χ1n) is 4.59. The zero-order valence-electron chi connectivity index (χ0n) is 8.39. The molecule has 0 radical (unpaired) electrons. The zero-order chi connectivity index (χ0) is 12.4. The Labute approximate surface area is 104 Å². The van der Waals surface area contributed by atoms with Gasteiger partial charge in [0.1, 0.15) is 12.0 Å². The lowest BCUT2D eigenvalue weighted by Gasteiger charge is -2.03. The van der Waals surface area contributed by atoms with Crippen molar-refractivity contribution in [3.05, 3.63) is 46.6 Å². The highest BCUT2D eigenvalue weighted by Gasteiger charge is 2.17. The van der Waals surface area contributed by atoms with E-state index in [0.717, 1.165) is 10.8 Å². The Morgan fingerprint density at radius 1 is 1.24 bits per heavy atom. The van der Waals surface area contributed by atoms with Crippen molar-refractivity contribution in [3.63, 3.8) is 0 Å². The number of rotatable bonds is 2. The Kier molecular flexibility index (Phi) is 3.14. The van der Waals surface area contributed by atoms with Gasteiger partial charge in [-0.15, -0.1) is 0 Å². The van der Waals surface area contributed by atoms with E-state index < -0.39 is 17.5 Å². The third kappa shape index (κ3) is 2.31. The van der Waals surface area contributed by atoms with Crippen LogP contribution in [0, 0.1) is 5.82 Å². The van der Waals surface area contributed by atoms with Crippen LogP contribution in [-0.2, 0) is 0 Å². The second kappa shape index (κ2) is 4.58. The van der Waals surface area contributed by atoms with E-state index in [1.165, 1.54) is 0 Å². The minimum absolute atomic E-state index is 0.0232. The van der Waals surface area contributed by atoms with Crippen LogP contribution in [-0.4, -0.2) is 21.0 Å². The molecule has 86 valence electrons. The number of carboxylic acids is 1. The number of carboxylic acid groups (broad SMARTS) is 1. The number of halogens is 2. The third-order valence-corrected chi connectivity index (χ3v) is 2.64. The summed E-state index contributed by atoms with van der Waals surface area (Å²) in [6.07, 6.45) is 1.03. The van der Waals surface area contributed by atoms with Crippen LogP contribution in [0.1, 0.15) is 10.5 Å². The average Bonchev–Trinajstić information content (AvgIpc) is 2.30. The minimum Gasteiger partial charge on any atom is -0.476 e. The van der Waals surface area contributed by atoms with Crippen molar-refractivity contribution in [2.24, 2.45) is 0 Å². The van der Waals surface area contributed by atoms with E-state index in [2.05, 4.69) is 25.9 Å². The van der Waals surface area contributed by atoms with E-state index in [0.29, 0.717) is 5.56 Å². The summed E-state index contributed by atoms with van der Waals surface area (Å²) in [4.78, 5) is 17.9. The normalized spacial score (nSPS) is 10.2. The molecular formula is C11H6BrFN2O2. The molecular weight excluding hydrogens is 291 g/mol. The molecule has 0 aliphatic rings. The van der Waals surface area contributed by atoms with Gasteiger partial charge in [-0.2, -0.15) is 0 Å². The van der Waals surface area contributed by atoms with Gasteiger partial charge in [-0.25, -0.2) is 19.2 Å². The lowest BCUT2D eigenvalue weighted by molar-refractivity contribution is 0.0684. The van der Waals surface area contributed by atoms with Gasteiger partial charge in [0.25, 0.3) is 0 Å². The number of hydrogen-bond donors (Lipinski definition) is 1. The topological polar surface area (TPSA) is 63.1 Å². The molecule has 0 unspecified atom stereocenters. The first-order valence-corrected chi connectivity index (χ1v) is 5.38. The molecule has 17 heavy (non-hydrogen) atoms. The van der Waals surface area contributed by atoms with Gasteiger partial charge in [-0.1, -0.05) is 28.1 Å². The van der Waals surface area contributed by atoms with Gasteiger partial charge in [-0.05, 0) is 12.1 Å². The Morgan fingerprint density at radius 2 is 1.88 bits per heavy atom. The summed E-state index contributed by atoms with van der Waals surface area (Å²) in [5, 5.41) is 8.74. The van der Waals surface area contributed by atoms with Crippen molar-refractivity contribution in [2.45, 2.75) is 0 Å². The van der Waals surface area contributed by atoms with Crippen LogP contribution in [0.5, 0.6) is 0 Å². The van der Waals surface area contributed by atoms with Crippen molar-refractivity contribution < 1.29 is 14.3 Å². The zero-order valence-corrected chi connectivity index (χ0v) is 9.98. The van der Waals surface area contributed by atoms with Gasteiger partial charge in [-0.3, -0.25) is 0 Å². The van der Waals surface area contributed by atoms with E-state index in [4.69, 9.17) is 5.11 Å². The lowest BCUT2D eigenvalue weighted by Crippen LogP contribution is -2.06. The van der Waals surface area contributed by atoms with Gasteiger partial charge >= 0.3 is 5.97 Å². The monoisotopic (exact) mass is 296 g/mol.